The molecular weight excluding hydrogens is 204 g/mol. The number of rotatable bonds is 5. The minimum atomic E-state index is -0.316. The van der Waals surface area contributed by atoms with Crippen molar-refractivity contribution in [1.82, 2.24) is 10.3 Å². The van der Waals surface area contributed by atoms with Crippen molar-refractivity contribution in [2.45, 2.75) is 32.4 Å². The molecule has 2 unspecified atom stereocenters. The summed E-state index contributed by atoms with van der Waals surface area (Å²) in [6.07, 6.45) is 2.52. The number of carbonyl (C=O) groups is 1. The number of hydrogen-bond acceptors (Lipinski definition) is 3. The highest BCUT2D eigenvalue weighted by Gasteiger charge is 2.34. The maximum Gasteiger partial charge on any atom is 0.354 e. The van der Waals surface area contributed by atoms with E-state index in [1.807, 2.05) is 6.07 Å². The highest BCUT2D eigenvalue weighted by molar-refractivity contribution is 5.87. The lowest BCUT2D eigenvalue weighted by molar-refractivity contribution is 0.0594. The van der Waals surface area contributed by atoms with Crippen molar-refractivity contribution in [2.24, 2.45) is 5.92 Å². The van der Waals surface area contributed by atoms with E-state index >= 15 is 0 Å². The molecule has 1 aromatic heterocycles. The monoisotopic (exact) mass is 222 g/mol. The Bertz CT molecular complexity index is 373. The first-order valence-corrected chi connectivity index (χ1v) is 5.74. The number of aromatic amines is 1. The standard InChI is InChI=1S/C12H18N2O2/c1-3-8-6-11(8)13-7-9-4-5-10(14-9)12(15)16-2/h4-5,8,11,13-14H,3,6-7H2,1-2H3. The van der Waals surface area contributed by atoms with Crippen LogP contribution in [-0.4, -0.2) is 24.1 Å². The summed E-state index contributed by atoms with van der Waals surface area (Å²) >= 11 is 0. The Morgan fingerprint density at radius 3 is 3.06 bits per heavy atom. The van der Waals surface area contributed by atoms with Gasteiger partial charge in [-0.25, -0.2) is 4.79 Å². The molecule has 2 N–H and O–H groups in total. The van der Waals surface area contributed by atoms with Crippen molar-refractivity contribution < 1.29 is 9.53 Å². The molecule has 16 heavy (non-hydrogen) atoms. The molecule has 4 heteroatoms. The Hall–Kier alpha value is -1.29. The second-order valence-corrected chi connectivity index (χ2v) is 4.28. The number of H-pyrrole nitrogens is 1. The molecule has 88 valence electrons. The minimum absolute atomic E-state index is 0.316. The minimum Gasteiger partial charge on any atom is -0.464 e. The number of hydrogen-bond donors (Lipinski definition) is 2. The summed E-state index contributed by atoms with van der Waals surface area (Å²) in [5, 5.41) is 3.46. The lowest BCUT2D eigenvalue weighted by Gasteiger charge is -2.01. The summed E-state index contributed by atoms with van der Waals surface area (Å²) in [4.78, 5) is 14.2. The Kier molecular flexibility index (Phi) is 3.29. The van der Waals surface area contributed by atoms with Crippen molar-refractivity contribution in [3.8, 4) is 0 Å². The summed E-state index contributed by atoms with van der Waals surface area (Å²) in [6.45, 7) is 3.01. The maximum absolute atomic E-state index is 11.2. The number of ether oxygens (including phenoxy) is 1. The predicted molar refractivity (Wildman–Crippen MR) is 61.2 cm³/mol. The quantitative estimate of drug-likeness (QED) is 0.745. The van der Waals surface area contributed by atoms with Gasteiger partial charge in [-0.15, -0.1) is 0 Å². The third kappa shape index (κ3) is 2.44. The molecule has 1 saturated carbocycles. The molecule has 0 saturated heterocycles. The molecule has 1 aromatic rings. The molecule has 1 fully saturated rings. The summed E-state index contributed by atoms with van der Waals surface area (Å²) in [7, 11) is 1.39. The first-order chi connectivity index (χ1) is 7.74. The van der Waals surface area contributed by atoms with Crippen molar-refractivity contribution in [3.63, 3.8) is 0 Å². The molecule has 0 aromatic carbocycles. The van der Waals surface area contributed by atoms with Crippen LogP contribution in [0.3, 0.4) is 0 Å². The second kappa shape index (κ2) is 4.70. The van der Waals surface area contributed by atoms with Crippen LogP contribution in [0.25, 0.3) is 0 Å². The average Bonchev–Trinajstić information content (AvgIpc) is 2.92. The molecule has 2 atom stereocenters. The van der Waals surface area contributed by atoms with Gasteiger partial charge >= 0.3 is 5.97 Å². The summed E-state index contributed by atoms with van der Waals surface area (Å²) in [5.41, 5.74) is 1.55. The van der Waals surface area contributed by atoms with Gasteiger partial charge in [-0.1, -0.05) is 13.3 Å². The number of nitrogens with one attached hydrogen (secondary N) is 2. The van der Waals surface area contributed by atoms with Gasteiger partial charge in [0.2, 0.25) is 0 Å². The van der Waals surface area contributed by atoms with Crippen LogP contribution in [0.2, 0.25) is 0 Å². The van der Waals surface area contributed by atoms with Gasteiger partial charge in [-0.3, -0.25) is 0 Å². The van der Waals surface area contributed by atoms with Crippen LogP contribution in [-0.2, 0) is 11.3 Å². The molecule has 0 radical (unpaired) electrons. The molecule has 0 bridgehead atoms. The largest absolute Gasteiger partial charge is 0.464 e. The maximum atomic E-state index is 11.2. The zero-order chi connectivity index (χ0) is 11.5. The third-order valence-electron chi connectivity index (χ3n) is 3.15. The molecule has 0 amide bonds. The van der Waals surface area contributed by atoms with E-state index in [-0.39, 0.29) is 5.97 Å². The molecule has 0 spiro atoms. The Balaban J connectivity index is 1.82. The van der Waals surface area contributed by atoms with Crippen LogP contribution in [0.5, 0.6) is 0 Å². The highest BCUT2D eigenvalue weighted by atomic mass is 16.5. The molecule has 2 rings (SSSR count). The third-order valence-corrected chi connectivity index (χ3v) is 3.15. The zero-order valence-corrected chi connectivity index (χ0v) is 9.75. The average molecular weight is 222 g/mol. The molecule has 4 nitrogen and oxygen atoms in total. The van der Waals surface area contributed by atoms with Crippen LogP contribution < -0.4 is 5.32 Å². The van der Waals surface area contributed by atoms with Crippen molar-refractivity contribution >= 4 is 5.97 Å². The topological polar surface area (TPSA) is 54.1 Å². The molecular formula is C12H18N2O2. The highest BCUT2D eigenvalue weighted by Crippen LogP contribution is 2.33. The summed E-state index contributed by atoms with van der Waals surface area (Å²) < 4.78 is 4.63. The van der Waals surface area contributed by atoms with Crippen molar-refractivity contribution in [3.05, 3.63) is 23.5 Å². The van der Waals surface area contributed by atoms with E-state index in [4.69, 9.17) is 0 Å². The number of esters is 1. The first kappa shape index (κ1) is 11.2. The second-order valence-electron chi connectivity index (χ2n) is 4.28. The van der Waals surface area contributed by atoms with Crippen LogP contribution in [0.4, 0.5) is 0 Å². The summed E-state index contributed by atoms with van der Waals surface area (Å²) in [6, 6.07) is 4.34. The van der Waals surface area contributed by atoms with Crippen LogP contribution in [0.1, 0.15) is 35.9 Å². The van der Waals surface area contributed by atoms with Gasteiger partial charge in [-0.2, -0.15) is 0 Å². The van der Waals surface area contributed by atoms with E-state index in [0.717, 1.165) is 18.2 Å². The fraction of sp³-hybridized carbons (Fsp3) is 0.583. The molecule has 0 aliphatic heterocycles. The van der Waals surface area contributed by atoms with Gasteiger partial charge < -0.3 is 15.0 Å². The number of carbonyl (C=O) groups excluding carboxylic acids is 1. The zero-order valence-electron chi connectivity index (χ0n) is 9.75. The van der Waals surface area contributed by atoms with E-state index in [9.17, 15) is 4.79 Å². The normalized spacial score (nSPS) is 23.1. The van der Waals surface area contributed by atoms with Crippen LogP contribution in [0.15, 0.2) is 12.1 Å². The van der Waals surface area contributed by atoms with E-state index in [1.54, 1.807) is 6.07 Å². The van der Waals surface area contributed by atoms with Crippen LogP contribution >= 0.6 is 0 Å². The SMILES string of the molecule is CCC1CC1NCc1ccc(C(=O)OC)[nH]1. The number of methoxy groups -OCH3 is 1. The number of aromatic nitrogens is 1. The Labute approximate surface area is 95.4 Å². The first-order valence-electron chi connectivity index (χ1n) is 5.74. The van der Waals surface area contributed by atoms with Gasteiger partial charge in [0, 0.05) is 18.3 Å². The fourth-order valence-electron chi connectivity index (χ4n) is 1.96. The van der Waals surface area contributed by atoms with E-state index < -0.39 is 0 Å². The molecule has 1 heterocycles. The van der Waals surface area contributed by atoms with Gasteiger partial charge in [0.1, 0.15) is 5.69 Å². The molecule has 1 aliphatic carbocycles. The van der Waals surface area contributed by atoms with E-state index in [0.29, 0.717) is 11.7 Å². The van der Waals surface area contributed by atoms with Gasteiger partial charge in [0.25, 0.3) is 0 Å². The lowest BCUT2D eigenvalue weighted by Crippen LogP contribution is -2.17. The van der Waals surface area contributed by atoms with Crippen molar-refractivity contribution in [2.75, 3.05) is 7.11 Å². The van der Waals surface area contributed by atoms with E-state index in [1.165, 1.54) is 20.0 Å². The van der Waals surface area contributed by atoms with Crippen molar-refractivity contribution in [1.29, 1.82) is 0 Å². The Morgan fingerprint density at radius 1 is 1.62 bits per heavy atom. The smallest absolute Gasteiger partial charge is 0.354 e. The predicted octanol–water partition coefficient (Wildman–Crippen LogP) is 1.69. The van der Waals surface area contributed by atoms with E-state index in [2.05, 4.69) is 22.0 Å². The molecule has 1 aliphatic rings. The van der Waals surface area contributed by atoms with Crippen LogP contribution in [0, 0.1) is 5.92 Å². The van der Waals surface area contributed by atoms with Gasteiger partial charge in [-0.05, 0) is 24.5 Å². The fourth-order valence-corrected chi connectivity index (χ4v) is 1.96. The lowest BCUT2D eigenvalue weighted by atomic mass is 10.3. The summed E-state index contributed by atoms with van der Waals surface area (Å²) in [5.74, 6) is 0.527. The Morgan fingerprint density at radius 2 is 2.44 bits per heavy atom. The van der Waals surface area contributed by atoms with Gasteiger partial charge in [0.15, 0.2) is 0 Å². The van der Waals surface area contributed by atoms with Gasteiger partial charge in [0.05, 0.1) is 7.11 Å².